The average molecular weight is 492 g/mol. The summed E-state index contributed by atoms with van der Waals surface area (Å²) < 4.78 is 6.06. The summed E-state index contributed by atoms with van der Waals surface area (Å²) in [6, 6.07) is 20.1. The van der Waals surface area contributed by atoms with Gasteiger partial charge in [0.2, 0.25) is 5.88 Å². The number of hydrogen-bond acceptors (Lipinski definition) is 6. The lowest BCUT2D eigenvalue weighted by Gasteiger charge is -2.27. The molecule has 1 aliphatic rings. The summed E-state index contributed by atoms with van der Waals surface area (Å²) in [5, 5.41) is 25.3. The van der Waals surface area contributed by atoms with Crippen molar-refractivity contribution in [2.75, 3.05) is 25.0 Å². The van der Waals surface area contributed by atoms with Crippen LogP contribution in [0.1, 0.15) is 36.1 Å². The number of hydrogen-bond donors (Lipinski definition) is 2. The molecule has 0 spiro atoms. The zero-order valence-electron chi connectivity index (χ0n) is 21.5. The Morgan fingerprint density at radius 2 is 1.92 bits per heavy atom. The monoisotopic (exact) mass is 491 g/mol. The van der Waals surface area contributed by atoms with Crippen molar-refractivity contribution in [2.45, 2.75) is 32.8 Å². The van der Waals surface area contributed by atoms with Gasteiger partial charge in [-0.2, -0.15) is 10.5 Å². The first kappa shape index (κ1) is 27.2. The molecule has 2 aromatic carbocycles. The summed E-state index contributed by atoms with van der Waals surface area (Å²) in [6.07, 6.45) is 9.12. The Labute approximate surface area is 219 Å². The van der Waals surface area contributed by atoms with E-state index < -0.39 is 0 Å². The molecule has 188 valence electrons. The van der Waals surface area contributed by atoms with Gasteiger partial charge in [0.15, 0.2) is 0 Å². The van der Waals surface area contributed by atoms with Crippen LogP contribution in [0, 0.1) is 22.7 Å². The molecule has 0 saturated carbocycles. The maximum absolute atomic E-state index is 9.54. The van der Waals surface area contributed by atoms with Gasteiger partial charge in [-0.3, -0.25) is 0 Å². The Bertz CT molecular complexity index is 1300. The van der Waals surface area contributed by atoms with Gasteiger partial charge in [0.05, 0.1) is 35.5 Å². The number of aromatic nitrogens is 1. The highest BCUT2D eigenvalue weighted by atomic mass is 16.5. The van der Waals surface area contributed by atoms with Crippen LogP contribution in [0.2, 0.25) is 0 Å². The third kappa shape index (κ3) is 7.80. The SMILES string of the molecule is C=C/C=C\C.CCc1ccc(-c2cnc3c(c2)NC[C@@H](CNCCc2ccc(C#N)cc2)O3)c(C#N)c1. The number of nitrogens with one attached hydrogen (secondary N) is 2. The van der Waals surface area contributed by atoms with Gasteiger partial charge in [0, 0.05) is 23.9 Å². The Morgan fingerprint density at radius 1 is 1.14 bits per heavy atom. The van der Waals surface area contributed by atoms with Gasteiger partial charge >= 0.3 is 0 Å². The minimum absolute atomic E-state index is 0.0136. The Kier molecular flexibility index (Phi) is 10.5. The Hall–Kier alpha value is -4.39. The summed E-state index contributed by atoms with van der Waals surface area (Å²) in [5.41, 5.74) is 6.31. The largest absolute Gasteiger partial charge is 0.470 e. The minimum atomic E-state index is -0.0136. The number of benzene rings is 2. The van der Waals surface area contributed by atoms with E-state index in [-0.39, 0.29) is 6.10 Å². The third-order valence-electron chi connectivity index (χ3n) is 5.95. The summed E-state index contributed by atoms with van der Waals surface area (Å²) >= 11 is 0. The first-order valence-corrected chi connectivity index (χ1v) is 12.5. The van der Waals surface area contributed by atoms with E-state index in [0.717, 1.165) is 41.8 Å². The molecule has 1 atom stereocenters. The normalized spacial score (nSPS) is 13.7. The molecule has 0 bridgehead atoms. The number of pyridine rings is 1. The highest BCUT2D eigenvalue weighted by Crippen LogP contribution is 2.32. The topological polar surface area (TPSA) is 93.8 Å². The van der Waals surface area contributed by atoms with Crippen LogP contribution in [-0.2, 0) is 12.8 Å². The number of rotatable bonds is 8. The average Bonchev–Trinajstić information content (AvgIpc) is 2.95. The highest BCUT2D eigenvalue weighted by Gasteiger charge is 2.21. The summed E-state index contributed by atoms with van der Waals surface area (Å²) in [7, 11) is 0. The predicted octanol–water partition coefficient (Wildman–Crippen LogP) is 5.81. The molecule has 6 nitrogen and oxygen atoms in total. The van der Waals surface area contributed by atoms with E-state index in [9.17, 15) is 5.26 Å². The third-order valence-corrected chi connectivity index (χ3v) is 5.95. The van der Waals surface area contributed by atoms with Crippen molar-refractivity contribution < 1.29 is 4.74 Å². The van der Waals surface area contributed by atoms with Gasteiger partial charge in [-0.1, -0.05) is 56.0 Å². The van der Waals surface area contributed by atoms with E-state index in [1.54, 1.807) is 12.3 Å². The van der Waals surface area contributed by atoms with Crippen molar-refractivity contribution in [1.82, 2.24) is 10.3 Å². The molecular weight excluding hydrogens is 458 g/mol. The fraction of sp³-hybridized carbons (Fsp3) is 0.258. The van der Waals surface area contributed by atoms with Crippen LogP contribution in [0.4, 0.5) is 5.69 Å². The number of nitrogens with zero attached hydrogens (tertiary/aromatic N) is 3. The van der Waals surface area contributed by atoms with Crippen LogP contribution in [0.15, 0.2) is 79.5 Å². The van der Waals surface area contributed by atoms with E-state index in [0.29, 0.717) is 30.1 Å². The summed E-state index contributed by atoms with van der Waals surface area (Å²) in [5.74, 6) is 0.586. The van der Waals surface area contributed by atoms with Crippen LogP contribution in [0.25, 0.3) is 11.1 Å². The fourth-order valence-electron chi connectivity index (χ4n) is 3.89. The second-order valence-electron chi connectivity index (χ2n) is 8.57. The van der Waals surface area contributed by atoms with E-state index in [4.69, 9.17) is 10.00 Å². The second kappa shape index (κ2) is 14.2. The van der Waals surface area contributed by atoms with Crippen LogP contribution in [0.5, 0.6) is 5.88 Å². The molecule has 0 fully saturated rings. The first-order chi connectivity index (χ1) is 18.1. The van der Waals surface area contributed by atoms with Gasteiger partial charge in [-0.15, -0.1) is 0 Å². The van der Waals surface area contributed by atoms with E-state index in [2.05, 4.69) is 47.3 Å². The number of aryl methyl sites for hydroxylation is 1. The van der Waals surface area contributed by atoms with Crippen molar-refractivity contribution in [3.8, 4) is 29.1 Å². The van der Waals surface area contributed by atoms with Crippen molar-refractivity contribution in [3.63, 3.8) is 0 Å². The lowest BCUT2D eigenvalue weighted by atomic mass is 9.98. The molecule has 3 aromatic rings. The van der Waals surface area contributed by atoms with Gasteiger partial charge in [-0.25, -0.2) is 4.98 Å². The standard InChI is InChI=1S/C26H25N5O.C5H8/c1-2-18-7-8-24(21(11-18)14-28)22-12-25-26(31-15-22)32-23(17-30-25)16-29-10-9-19-3-5-20(13-27)6-4-19;1-3-5-4-2/h3-8,11-12,15,23,29-30H,2,9-10,16-17H2,1H3;3-5H,1H2,2H3/b;5-4-/t23-;/m1./s1. The summed E-state index contributed by atoms with van der Waals surface area (Å²) in [6.45, 7) is 9.73. The van der Waals surface area contributed by atoms with E-state index in [1.807, 2.05) is 61.5 Å². The Balaban J connectivity index is 0.000000695. The molecule has 0 aliphatic carbocycles. The molecule has 2 heterocycles. The number of fused-ring (bicyclic) bond motifs is 1. The van der Waals surface area contributed by atoms with E-state index >= 15 is 0 Å². The van der Waals surface area contributed by atoms with Crippen LogP contribution >= 0.6 is 0 Å². The van der Waals surface area contributed by atoms with Crippen molar-refractivity contribution >= 4 is 5.69 Å². The molecule has 0 saturated heterocycles. The predicted molar refractivity (Wildman–Crippen MR) is 149 cm³/mol. The zero-order chi connectivity index (χ0) is 26.5. The number of anilines is 1. The minimum Gasteiger partial charge on any atom is -0.470 e. The lowest BCUT2D eigenvalue weighted by Crippen LogP contribution is -2.40. The maximum atomic E-state index is 9.54. The van der Waals surface area contributed by atoms with E-state index in [1.165, 1.54) is 5.56 Å². The van der Waals surface area contributed by atoms with Gasteiger partial charge < -0.3 is 15.4 Å². The van der Waals surface area contributed by atoms with Gasteiger partial charge in [-0.05, 0) is 61.7 Å². The van der Waals surface area contributed by atoms with Crippen molar-refractivity contribution in [3.05, 3.63) is 102 Å². The second-order valence-corrected chi connectivity index (χ2v) is 8.57. The molecule has 2 N–H and O–H groups in total. The highest BCUT2D eigenvalue weighted by molar-refractivity contribution is 5.74. The summed E-state index contributed by atoms with van der Waals surface area (Å²) in [4.78, 5) is 4.51. The molecule has 37 heavy (non-hydrogen) atoms. The first-order valence-electron chi connectivity index (χ1n) is 12.5. The quantitative estimate of drug-likeness (QED) is 0.305. The van der Waals surface area contributed by atoms with Crippen molar-refractivity contribution in [1.29, 1.82) is 10.5 Å². The maximum Gasteiger partial charge on any atom is 0.237 e. The lowest BCUT2D eigenvalue weighted by molar-refractivity contribution is 0.194. The zero-order valence-corrected chi connectivity index (χ0v) is 21.5. The molecule has 4 rings (SSSR count). The molecule has 0 radical (unpaired) electrons. The van der Waals surface area contributed by atoms with Crippen LogP contribution < -0.4 is 15.4 Å². The molecular formula is C31H33N5O. The molecule has 6 heteroatoms. The molecule has 0 amide bonds. The smallest absolute Gasteiger partial charge is 0.237 e. The number of ether oxygens (including phenoxy) is 1. The van der Waals surface area contributed by atoms with Gasteiger partial charge in [0.1, 0.15) is 6.10 Å². The van der Waals surface area contributed by atoms with Gasteiger partial charge in [0.25, 0.3) is 0 Å². The van der Waals surface area contributed by atoms with Crippen LogP contribution in [0.3, 0.4) is 0 Å². The van der Waals surface area contributed by atoms with Crippen LogP contribution in [-0.4, -0.2) is 30.7 Å². The molecule has 1 aliphatic heterocycles. The number of allylic oxidation sites excluding steroid dienone is 3. The number of nitriles is 2. The Morgan fingerprint density at radius 3 is 2.57 bits per heavy atom. The fourth-order valence-corrected chi connectivity index (χ4v) is 3.89. The molecule has 1 aromatic heterocycles. The molecule has 0 unspecified atom stereocenters. The van der Waals surface area contributed by atoms with Crippen molar-refractivity contribution in [2.24, 2.45) is 0 Å².